The van der Waals surface area contributed by atoms with Crippen LogP contribution in [0.5, 0.6) is 0 Å². The maximum absolute atomic E-state index is 13.0. The first kappa shape index (κ1) is 23.3. The summed E-state index contributed by atoms with van der Waals surface area (Å²) in [6, 6.07) is 7.15. The second-order valence-corrected chi connectivity index (χ2v) is 12.7. The molecule has 3 saturated heterocycles. The van der Waals surface area contributed by atoms with Gasteiger partial charge in [0.2, 0.25) is 15.9 Å². The standard InChI is InChI=1S/C26H38N2O4S/c1-21-7-9-23(10-8-21)33(30,31)27-18-12-22(13-19-27)6-5-16-26-17-11-24(29)28(26)25(20-32-26)14-3-2-4-15-25/h7-10,22H,2-6,11-20H2,1H3/t26-/m0/s1. The first-order valence-electron chi connectivity index (χ1n) is 12.9. The lowest BCUT2D eigenvalue weighted by atomic mass is 9.81. The third kappa shape index (κ3) is 4.25. The van der Waals surface area contributed by atoms with Crippen molar-refractivity contribution < 1.29 is 17.9 Å². The molecule has 182 valence electrons. The average molecular weight is 475 g/mol. The zero-order chi connectivity index (χ0) is 23.1. The normalized spacial score (nSPS) is 28.5. The average Bonchev–Trinajstić information content (AvgIpc) is 3.31. The molecule has 1 aliphatic carbocycles. The molecule has 1 spiro atoms. The van der Waals surface area contributed by atoms with Crippen LogP contribution in [0.1, 0.15) is 82.6 Å². The molecule has 1 amide bonds. The summed E-state index contributed by atoms with van der Waals surface area (Å²) in [6.07, 6.45) is 12.2. The molecule has 7 heteroatoms. The lowest BCUT2D eigenvalue weighted by Crippen LogP contribution is -2.54. The Labute approximate surface area is 198 Å². The van der Waals surface area contributed by atoms with Gasteiger partial charge in [0, 0.05) is 25.9 Å². The Morgan fingerprint density at radius 3 is 2.42 bits per heavy atom. The highest BCUT2D eigenvalue weighted by Crippen LogP contribution is 2.51. The Morgan fingerprint density at radius 2 is 1.73 bits per heavy atom. The Kier molecular flexibility index (Phi) is 6.34. The highest BCUT2D eigenvalue weighted by Gasteiger charge is 2.60. The summed E-state index contributed by atoms with van der Waals surface area (Å²) in [5.74, 6) is 0.838. The highest BCUT2D eigenvalue weighted by molar-refractivity contribution is 7.89. The predicted octanol–water partition coefficient (Wildman–Crippen LogP) is 4.62. The summed E-state index contributed by atoms with van der Waals surface area (Å²) in [6.45, 7) is 3.87. The SMILES string of the molecule is Cc1ccc(S(=O)(=O)N2CCC(CCC[C@]34CCC(=O)N3C3(CCCCC3)CO4)CC2)cc1. The first-order valence-corrected chi connectivity index (χ1v) is 14.3. The Hall–Kier alpha value is -1.44. The Bertz CT molecular complexity index is 963. The third-order valence-electron chi connectivity index (χ3n) is 8.67. The van der Waals surface area contributed by atoms with E-state index in [4.69, 9.17) is 4.74 Å². The van der Waals surface area contributed by atoms with Crippen molar-refractivity contribution in [3.8, 4) is 0 Å². The number of aryl methyl sites for hydroxylation is 1. The number of fused-ring (bicyclic) bond motifs is 2. The van der Waals surface area contributed by atoms with Crippen LogP contribution in [0.4, 0.5) is 0 Å². The zero-order valence-corrected chi connectivity index (χ0v) is 20.7. The van der Waals surface area contributed by atoms with Gasteiger partial charge in [-0.2, -0.15) is 4.31 Å². The van der Waals surface area contributed by atoms with Gasteiger partial charge < -0.3 is 9.64 Å². The van der Waals surface area contributed by atoms with E-state index in [-0.39, 0.29) is 11.3 Å². The lowest BCUT2D eigenvalue weighted by molar-refractivity contribution is -0.144. The van der Waals surface area contributed by atoms with Crippen LogP contribution >= 0.6 is 0 Å². The van der Waals surface area contributed by atoms with E-state index in [9.17, 15) is 13.2 Å². The minimum Gasteiger partial charge on any atom is -0.353 e. The van der Waals surface area contributed by atoms with Gasteiger partial charge in [0.25, 0.3) is 0 Å². The molecule has 3 heterocycles. The van der Waals surface area contributed by atoms with Crippen molar-refractivity contribution in [3.63, 3.8) is 0 Å². The van der Waals surface area contributed by atoms with Crippen LogP contribution < -0.4 is 0 Å². The summed E-state index contributed by atoms with van der Waals surface area (Å²) in [7, 11) is -3.40. The number of carbonyl (C=O) groups is 1. The molecule has 33 heavy (non-hydrogen) atoms. The molecule has 0 N–H and O–H groups in total. The number of hydrogen-bond donors (Lipinski definition) is 0. The van der Waals surface area contributed by atoms with Gasteiger partial charge in [-0.05, 0) is 63.5 Å². The van der Waals surface area contributed by atoms with Gasteiger partial charge in [0.15, 0.2) is 0 Å². The van der Waals surface area contributed by atoms with Gasteiger partial charge >= 0.3 is 0 Å². The molecule has 0 bridgehead atoms. The van der Waals surface area contributed by atoms with E-state index in [1.54, 1.807) is 16.4 Å². The summed E-state index contributed by atoms with van der Waals surface area (Å²) < 4.78 is 34.0. The van der Waals surface area contributed by atoms with E-state index in [0.717, 1.165) is 56.9 Å². The van der Waals surface area contributed by atoms with Crippen molar-refractivity contribution in [1.82, 2.24) is 9.21 Å². The fourth-order valence-electron chi connectivity index (χ4n) is 6.77. The van der Waals surface area contributed by atoms with Crippen LogP contribution in [0.3, 0.4) is 0 Å². The fraction of sp³-hybridized carbons (Fsp3) is 0.731. The van der Waals surface area contributed by atoms with Gasteiger partial charge in [0.1, 0.15) is 5.72 Å². The van der Waals surface area contributed by atoms with E-state index in [1.165, 1.54) is 19.3 Å². The predicted molar refractivity (Wildman–Crippen MR) is 127 cm³/mol. The molecular weight excluding hydrogens is 436 g/mol. The molecule has 1 atom stereocenters. The number of amides is 1. The highest BCUT2D eigenvalue weighted by atomic mass is 32.2. The number of hydrogen-bond acceptors (Lipinski definition) is 4. The molecule has 0 radical (unpaired) electrons. The minimum absolute atomic E-state index is 0.0402. The third-order valence-corrected chi connectivity index (χ3v) is 10.6. The second kappa shape index (κ2) is 8.97. The number of benzene rings is 1. The Balaban J connectivity index is 1.14. The maximum Gasteiger partial charge on any atom is 0.243 e. The molecule has 4 fully saturated rings. The van der Waals surface area contributed by atoms with Crippen molar-refractivity contribution in [2.45, 2.75) is 100 Å². The van der Waals surface area contributed by atoms with Gasteiger partial charge in [-0.1, -0.05) is 43.4 Å². The van der Waals surface area contributed by atoms with Crippen LogP contribution in [0, 0.1) is 12.8 Å². The monoisotopic (exact) mass is 474 g/mol. The van der Waals surface area contributed by atoms with E-state index in [1.807, 2.05) is 19.1 Å². The summed E-state index contributed by atoms with van der Waals surface area (Å²) in [5, 5.41) is 0. The van der Waals surface area contributed by atoms with Gasteiger partial charge in [-0.15, -0.1) is 0 Å². The molecule has 1 aromatic carbocycles. The van der Waals surface area contributed by atoms with Crippen molar-refractivity contribution in [1.29, 1.82) is 0 Å². The van der Waals surface area contributed by atoms with Crippen molar-refractivity contribution in [2.24, 2.45) is 5.92 Å². The van der Waals surface area contributed by atoms with Crippen LogP contribution in [-0.4, -0.2) is 54.5 Å². The second-order valence-electron chi connectivity index (χ2n) is 10.8. The summed E-state index contributed by atoms with van der Waals surface area (Å²) in [4.78, 5) is 15.4. The van der Waals surface area contributed by atoms with Crippen LogP contribution in [-0.2, 0) is 19.6 Å². The molecule has 0 aromatic heterocycles. The quantitative estimate of drug-likeness (QED) is 0.603. The fourth-order valence-corrected chi connectivity index (χ4v) is 8.24. The van der Waals surface area contributed by atoms with Gasteiger partial charge in [-0.3, -0.25) is 4.79 Å². The number of piperidine rings is 1. The van der Waals surface area contributed by atoms with Crippen LogP contribution in [0.15, 0.2) is 29.2 Å². The summed E-state index contributed by atoms with van der Waals surface area (Å²) in [5.41, 5.74) is 0.654. The molecule has 3 aliphatic heterocycles. The first-order chi connectivity index (χ1) is 15.8. The smallest absolute Gasteiger partial charge is 0.243 e. The topological polar surface area (TPSA) is 66.9 Å². The van der Waals surface area contributed by atoms with E-state index in [2.05, 4.69) is 4.90 Å². The molecule has 4 aliphatic rings. The number of carbonyl (C=O) groups excluding carboxylic acids is 1. The summed E-state index contributed by atoms with van der Waals surface area (Å²) >= 11 is 0. The van der Waals surface area contributed by atoms with Crippen molar-refractivity contribution in [2.75, 3.05) is 19.7 Å². The molecule has 1 aromatic rings. The number of nitrogens with zero attached hydrogens (tertiary/aromatic N) is 2. The van der Waals surface area contributed by atoms with E-state index in [0.29, 0.717) is 42.8 Å². The number of rotatable bonds is 6. The largest absolute Gasteiger partial charge is 0.353 e. The van der Waals surface area contributed by atoms with Crippen LogP contribution in [0.25, 0.3) is 0 Å². The maximum atomic E-state index is 13.0. The molecule has 1 saturated carbocycles. The Morgan fingerprint density at radius 1 is 1.03 bits per heavy atom. The van der Waals surface area contributed by atoms with E-state index < -0.39 is 10.0 Å². The van der Waals surface area contributed by atoms with E-state index >= 15 is 0 Å². The van der Waals surface area contributed by atoms with Gasteiger partial charge in [-0.25, -0.2) is 8.42 Å². The minimum atomic E-state index is -3.40. The zero-order valence-electron chi connectivity index (χ0n) is 19.9. The van der Waals surface area contributed by atoms with Crippen LogP contribution in [0.2, 0.25) is 0 Å². The molecule has 0 unspecified atom stereocenters. The molecular formula is C26H38N2O4S. The van der Waals surface area contributed by atoms with Crippen molar-refractivity contribution in [3.05, 3.63) is 29.8 Å². The molecule has 5 rings (SSSR count). The number of sulfonamides is 1. The molecule has 6 nitrogen and oxygen atoms in total. The van der Waals surface area contributed by atoms with Crippen molar-refractivity contribution >= 4 is 15.9 Å². The van der Waals surface area contributed by atoms with Gasteiger partial charge in [0.05, 0.1) is 17.0 Å². The number of ether oxygens (including phenoxy) is 1. The lowest BCUT2D eigenvalue weighted by Gasteiger charge is -2.43.